The van der Waals surface area contributed by atoms with E-state index in [0.29, 0.717) is 0 Å². The Bertz CT molecular complexity index is 216. The van der Waals surface area contributed by atoms with E-state index in [2.05, 4.69) is 15.3 Å². The standard InChI is InChI=1S/C10H19N3O.ClH/c1-14-6-4-2-3-5-11-7-10-8-12-9-13-10;/h8-9,11H,2-7H2,1H3,(H,12,13);1H. The van der Waals surface area contributed by atoms with Crippen LogP contribution >= 0.6 is 12.4 Å². The molecule has 0 saturated carbocycles. The number of nitrogens with one attached hydrogen (secondary N) is 2. The van der Waals surface area contributed by atoms with Crippen molar-refractivity contribution in [2.45, 2.75) is 25.8 Å². The fourth-order valence-corrected chi connectivity index (χ4v) is 1.28. The van der Waals surface area contributed by atoms with Crippen LogP contribution in [0.1, 0.15) is 25.0 Å². The molecule has 2 N–H and O–H groups in total. The molecule has 0 atom stereocenters. The van der Waals surface area contributed by atoms with Gasteiger partial charge in [-0.2, -0.15) is 0 Å². The third kappa shape index (κ3) is 7.36. The zero-order valence-electron chi connectivity index (χ0n) is 9.16. The van der Waals surface area contributed by atoms with Crippen LogP contribution in [-0.2, 0) is 11.3 Å². The predicted molar refractivity (Wildman–Crippen MR) is 63.3 cm³/mol. The Labute approximate surface area is 97.2 Å². The highest BCUT2D eigenvalue weighted by Crippen LogP contribution is 1.95. The first-order chi connectivity index (χ1) is 6.93. The number of methoxy groups -OCH3 is 1. The molecule has 0 amide bonds. The number of hydrogen-bond acceptors (Lipinski definition) is 3. The molecule has 4 nitrogen and oxygen atoms in total. The summed E-state index contributed by atoms with van der Waals surface area (Å²) in [7, 11) is 1.75. The highest BCUT2D eigenvalue weighted by molar-refractivity contribution is 5.85. The van der Waals surface area contributed by atoms with Crippen molar-refractivity contribution in [3.63, 3.8) is 0 Å². The largest absolute Gasteiger partial charge is 0.385 e. The number of nitrogens with zero attached hydrogens (tertiary/aromatic N) is 1. The average Bonchev–Trinajstić information content (AvgIpc) is 2.69. The molecule has 0 spiro atoms. The van der Waals surface area contributed by atoms with Crippen molar-refractivity contribution in [3.8, 4) is 0 Å². The van der Waals surface area contributed by atoms with Crippen molar-refractivity contribution >= 4 is 12.4 Å². The summed E-state index contributed by atoms with van der Waals surface area (Å²) in [6.45, 7) is 2.81. The first-order valence-corrected chi connectivity index (χ1v) is 5.10. The second-order valence-corrected chi connectivity index (χ2v) is 3.31. The normalized spacial score (nSPS) is 9.93. The molecule has 1 rings (SSSR count). The summed E-state index contributed by atoms with van der Waals surface area (Å²) in [5.74, 6) is 0. The SMILES string of the molecule is COCCCCCNCc1cnc[nH]1.Cl. The molecule has 0 aliphatic heterocycles. The van der Waals surface area contributed by atoms with Gasteiger partial charge < -0.3 is 15.0 Å². The molecule has 15 heavy (non-hydrogen) atoms. The molecule has 1 aromatic rings. The molecule has 1 aromatic heterocycles. The lowest BCUT2D eigenvalue weighted by Crippen LogP contribution is -2.14. The number of aromatic nitrogens is 2. The summed E-state index contributed by atoms with van der Waals surface area (Å²) in [5.41, 5.74) is 1.14. The third-order valence-corrected chi connectivity index (χ3v) is 2.07. The van der Waals surface area contributed by atoms with Gasteiger partial charge in [0.2, 0.25) is 0 Å². The van der Waals surface area contributed by atoms with E-state index in [1.807, 2.05) is 6.20 Å². The fourth-order valence-electron chi connectivity index (χ4n) is 1.28. The van der Waals surface area contributed by atoms with E-state index in [9.17, 15) is 0 Å². The second-order valence-electron chi connectivity index (χ2n) is 3.31. The molecule has 0 aromatic carbocycles. The van der Waals surface area contributed by atoms with Gasteiger partial charge in [-0.05, 0) is 25.8 Å². The van der Waals surface area contributed by atoms with E-state index >= 15 is 0 Å². The monoisotopic (exact) mass is 233 g/mol. The number of hydrogen-bond donors (Lipinski definition) is 2. The van der Waals surface area contributed by atoms with E-state index < -0.39 is 0 Å². The Hall–Kier alpha value is -0.580. The lowest BCUT2D eigenvalue weighted by molar-refractivity contribution is 0.192. The van der Waals surface area contributed by atoms with Gasteiger partial charge in [0.15, 0.2) is 0 Å². The molecule has 88 valence electrons. The number of halogens is 1. The van der Waals surface area contributed by atoms with Gasteiger partial charge in [0, 0.05) is 32.2 Å². The van der Waals surface area contributed by atoms with Gasteiger partial charge in [0.1, 0.15) is 0 Å². The maximum Gasteiger partial charge on any atom is 0.0922 e. The molecule has 0 aliphatic carbocycles. The Balaban J connectivity index is 0.00000196. The predicted octanol–water partition coefficient (Wildman–Crippen LogP) is 1.74. The number of H-pyrrole nitrogens is 1. The van der Waals surface area contributed by atoms with Crippen molar-refractivity contribution < 1.29 is 4.74 Å². The number of ether oxygens (including phenoxy) is 1. The van der Waals surface area contributed by atoms with E-state index in [1.54, 1.807) is 13.4 Å². The number of unbranched alkanes of at least 4 members (excludes halogenated alkanes) is 2. The van der Waals surface area contributed by atoms with Gasteiger partial charge in [0.05, 0.1) is 6.33 Å². The van der Waals surface area contributed by atoms with Crippen molar-refractivity contribution in [1.29, 1.82) is 0 Å². The minimum absolute atomic E-state index is 0. The Morgan fingerprint density at radius 1 is 1.40 bits per heavy atom. The third-order valence-electron chi connectivity index (χ3n) is 2.07. The van der Waals surface area contributed by atoms with Gasteiger partial charge in [-0.15, -0.1) is 12.4 Å². The van der Waals surface area contributed by atoms with Crippen molar-refractivity contribution in [3.05, 3.63) is 18.2 Å². The Kier molecular flexibility index (Phi) is 9.57. The van der Waals surface area contributed by atoms with Crippen LogP contribution in [-0.4, -0.2) is 30.2 Å². The van der Waals surface area contributed by atoms with Crippen LogP contribution in [0.15, 0.2) is 12.5 Å². The number of aromatic amines is 1. The lowest BCUT2D eigenvalue weighted by atomic mass is 10.2. The van der Waals surface area contributed by atoms with E-state index in [1.165, 1.54) is 12.8 Å². The highest BCUT2D eigenvalue weighted by Gasteiger charge is 1.92. The minimum Gasteiger partial charge on any atom is -0.385 e. The summed E-state index contributed by atoms with van der Waals surface area (Å²) in [6.07, 6.45) is 7.14. The van der Waals surface area contributed by atoms with E-state index in [0.717, 1.165) is 31.8 Å². The van der Waals surface area contributed by atoms with Crippen LogP contribution in [0.3, 0.4) is 0 Å². The molecule has 0 bridgehead atoms. The lowest BCUT2D eigenvalue weighted by Gasteiger charge is -2.02. The van der Waals surface area contributed by atoms with Crippen LogP contribution in [0, 0.1) is 0 Å². The number of rotatable bonds is 8. The summed E-state index contributed by atoms with van der Waals surface area (Å²) in [4.78, 5) is 7.00. The van der Waals surface area contributed by atoms with Crippen LogP contribution in [0.25, 0.3) is 0 Å². The molecular formula is C10H20ClN3O. The molecule has 0 radical (unpaired) electrons. The van der Waals surface area contributed by atoms with Gasteiger partial charge >= 0.3 is 0 Å². The molecule has 5 heteroatoms. The van der Waals surface area contributed by atoms with Crippen molar-refractivity contribution in [2.75, 3.05) is 20.3 Å². The van der Waals surface area contributed by atoms with Gasteiger partial charge in [-0.3, -0.25) is 0 Å². The van der Waals surface area contributed by atoms with Gasteiger partial charge in [-0.1, -0.05) is 0 Å². The van der Waals surface area contributed by atoms with Gasteiger partial charge in [0.25, 0.3) is 0 Å². The van der Waals surface area contributed by atoms with Crippen molar-refractivity contribution in [2.24, 2.45) is 0 Å². The second kappa shape index (κ2) is 9.96. The van der Waals surface area contributed by atoms with Gasteiger partial charge in [-0.25, -0.2) is 4.98 Å². The van der Waals surface area contributed by atoms with Crippen molar-refractivity contribution in [1.82, 2.24) is 15.3 Å². The van der Waals surface area contributed by atoms with E-state index in [-0.39, 0.29) is 12.4 Å². The molecule has 0 aliphatic rings. The topological polar surface area (TPSA) is 49.9 Å². The van der Waals surface area contributed by atoms with Crippen LogP contribution in [0.2, 0.25) is 0 Å². The molecule has 0 saturated heterocycles. The summed E-state index contributed by atoms with van der Waals surface area (Å²) in [6, 6.07) is 0. The fraction of sp³-hybridized carbons (Fsp3) is 0.700. The number of imidazole rings is 1. The van der Waals surface area contributed by atoms with E-state index in [4.69, 9.17) is 4.74 Å². The molecule has 1 heterocycles. The summed E-state index contributed by atoms with van der Waals surface area (Å²) < 4.78 is 4.97. The Morgan fingerprint density at radius 3 is 2.93 bits per heavy atom. The molecule has 0 unspecified atom stereocenters. The minimum atomic E-state index is 0. The van der Waals surface area contributed by atoms with Crippen LogP contribution in [0.4, 0.5) is 0 Å². The summed E-state index contributed by atoms with van der Waals surface area (Å²) >= 11 is 0. The maximum atomic E-state index is 4.97. The van der Waals surface area contributed by atoms with Crippen LogP contribution < -0.4 is 5.32 Å². The molecule has 0 fully saturated rings. The van der Waals surface area contributed by atoms with Crippen LogP contribution in [0.5, 0.6) is 0 Å². The molecular weight excluding hydrogens is 214 g/mol. The quantitative estimate of drug-likeness (QED) is 0.673. The smallest absolute Gasteiger partial charge is 0.0922 e. The summed E-state index contributed by atoms with van der Waals surface area (Å²) in [5, 5.41) is 3.35. The first kappa shape index (κ1) is 14.4. The zero-order valence-corrected chi connectivity index (χ0v) is 9.98. The Morgan fingerprint density at radius 2 is 2.27 bits per heavy atom. The average molecular weight is 234 g/mol. The highest BCUT2D eigenvalue weighted by atomic mass is 35.5. The maximum absolute atomic E-state index is 4.97. The first-order valence-electron chi connectivity index (χ1n) is 5.10. The zero-order chi connectivity index (χ0) is 10.1.